The number of para-hydroxylation sites is 1. The summed E-state index contributed by atoms with van der Waals surface area (Å²) >= 11 is 0. The molecule has 0 fully saturated rings. The van der Waals surface area contributed by atoms with Gasteiger partial charge in [-0.3, -0.25) is 0 Å². The van der Waals surface area contributed by atoms with E-state index < -0.39 is 0 Å². The molecule has 7 aromatic carbocycles. The molecule has 0 N–H and O–H groups in total. The van der Waals surface area contributed by atoms with Crippen LogP contribution in [0.15, 0.2) is 156 Å². The standard InChI is InChI=1S/C41H25N3O/c1-2-11-27(12-3-1)39-42-40(44-41(43-39)35-25-29-13-4-5-14-30(29)32-15-6-7-16-33(32)35)28-23-21-26(22-24-28)31-18-10-20-37-38(31)34-17-8-9-19-36(34)45-37/h1-25H. The summed E-state index contributed by atoms with van der Waals surface area (Å²) in [6.45, 7) is 0. The molecule has 0 unspecified atom stereocenters. The van der Waals surface area contributed by atoms with E-state index in [1.807, 2.05) is 54.6 Å². The fourth-order valence-corrected chi connectivity index (χ4v) is 6.40. The lowest BCUT2D eigenvalue weighted by atomic mass is 9.96. The van der Waals surface area contributed by atoms with Gasteiger partial charge in [-0.1, -0.05) is 133 Å². The molecule has 0 bridgehead atoms. The number of hydrogen-bond donors (Lipinski definition) is 0. The van der Waals surface area contributed by atoms with E-state index in [2.05, 4.69) is 97.1 Å². The van der Waals surface area contributed by atoms with E-state index in [1.165, 1.54) is 10.8 Å². The zero-order chi connectivity index (χ0) is 29.7. The first kappa shape index (κ1) is 25.4. The molecule has 0 saturated carbocycles. The highest BCUT2D eigenvalue weighted by Gasteiger charge is 2.17. The third-order valence-electron chi connectivity index (χ3n) is 8.53. The van der Waals surface area contributed by atoms with Gasteiger partial charge in [-0.25, -0.2) is 15.0 Å². The van der Waals surface area contributed by atoms with Crippen molar-refractivity contribution < 1.29 is 4.42 Å². The van der Waals surface area contributed by atoms with Crippen LogP contribution in [0.4, 0.5) is 0 Å². The van der Waals surface area contributed by atoms with Crippen LogP contribution in [-0.2, 0) is 0 Å². The Morgan fingerprint density at radius 1 is 0.356 bits per heavy atom. The molecule has 210 valence electrons. The lowest BCUT2D eigenvalue weighted by Gasteiger charge is -2.12. The Kier molecular flexibility index (Phi) is 5.78. The van der Waals surface area contributed by atoms with Gasteiger partial charge in [-0.05, 0) is 50.9 Å². The van der Waals surface area contributed by atoms with Gasteiger partial charge in [0.2, 0.25) is 0 Å². The van der Waals surface area contributed by atoms with Crippen molar-refractivity contribution in [2.75, 3.05) is 0 Å². The highest BCUT2D eigenvalue weighted by atomic mass is 16.3. The smallest absolute Gasteiger partial charge is 0.164 e. The number of rotatable bonds is 4. The van der Waals surface area contributed by atoms with Gasteiger partial charge in [-0.15, -0.1) is 0 Å². The van der Waals surface area contributed by atoms with Gasteiger partial charge < -0.3 is 4.42 Å². The third-order valence-corrected chi connectivity index (χ3v) is 8.53. The van der Waals surface area contributed by atoms with Crippen molar-refractivity contribution in [1.29, 1.82) is 0 Å². The molecule has 0 spiro atoms. The molecule has 0 aliphatic carbocycles. The Hall–Kier alpha value is -6.13. The topological polar surface area (TPSA) is 51.8 Å². The van der Waals surface area contributed by atoms with Gasteiger partial charge in [-0.2, -0.15) is 0 Å². The fraction of sp³-hybridized carbons (Fsp3) is 0. The van der Waals surface area contributed by atoms with Crippen molar-refractivity contribution in [3.8, 4) is 45.3 Å². The lowest BCUT2D eigenvalue weighted by molar-refractivity contribution is 0.669. The second kappa shape index (κ2) is 10.2. The molecule has 9 rings (SSSR count). The predicted octanol–water partition coefficient (Wildman–Crippen LogP) is 10.7. The lowest BCUT2D eigenvalue weighted by Crippen LogP contribution is -2.00. The van der Waals surface area contributed by atoms with Crippen LogP contribution in [-0.4, -0.2) is 15.0 Å². The minimum Gasteiger partial charge on any atom is -0.456 e. The first-order valence-electron chi connectivity index (χ1n) is 15.0. The second-order valence-corrected chi connectivity index (χ2v) is 11.2. The third kappa shape index (κ3) is 4.27. The van der Waals surface area contributed by atoms with Crippen LogP contribution in [0.5, 0.6) is 0 Å². The Morgan fingerprint density at radius 3 is 1.73 bits per heavy atom. The van der Waals surface area contributed by atoms with Crippen molar-refractivity contribution in [1.82, 2.24) is 15.0 Å². The SMILES string of the molecule is c1ccc(-c2nc(-c3ccc(-c4cccc5oc6ccccc6c45)cc3)nc(-c3cc4ccccc4c4ccccc34)n2)cc1. The van der Waals surface area contributed by atoms with Crippen molar-refractivity contribution in [3.63, 3.8) is 0 Å². The molecule has 4 heteroatoms. The Labute approximate surface area is 259 Å². The van der Waals surface area contributed by atoms with Crippen LogP contribution in [0.2, 0.25) is 0 Å². The minimum atomic E-state index is 0.634. The molecule has 0 aliphatic rings. The number of fused-ring (bicyclic) bond motifs is 6. The first-order valence-corrected chi connectivity index (χ1v) is 15.0. The number of furan rings is 1. The summed E-state index contributed by atoms with van der Waals surface area (Å²) in [5.41, 5.74) is 6.87. The fourth-order valence-electron chi connectivity index (χ4n) is 6.40. The van der Waals surface area contributed by atoms with E-state index in [9.17, 15) is 0 Å². The van der Waals surface area contributed by atoms with E-state index in [0.29, 0.717) is 17.5 Å². The maximum Gasteiger partial charge on any atom is 0.164 e. The summed E-state index contributed by atoms with van der Waals surface area (Å²) in [4.78, 5) is 15.1. The molecule has 0 saturated heterocycles. The molecule has 0 radical (unpaired) electrons. The summed E-state index contributed by atoms with van der Waals surface area (Å²) in [6, 6.07) is 52.2. The summed E-state index contributed by atoms with van der Waals surface area (Å²) in [5, 5.41) is 6.90. The summed E-state index contributed by atoms with van der Waals surface area (Å²) in [6.07, 6.45) is 0. The normalized spacial score (nSPS) is 11.6. The number of benzene rings is 7. The predicted molar refractivity (Wildman–Crippen MR) is 184 cm³/mol. The van der Waals surface area contributed by atoms with Gasteiger partial charge in [0.1, 0.15) is 11.2 Å². The molecular formula is C41H25N3O. The Balaban J connectivity index is 1.22. The van der Waals surface area contributed by atoms with E-state index >= 15 is 0 Å². The van der Waals surface area contributed by atoms with Gasteiger partial charge in [0, 0.05) is 27.5 Å². The van der Waals surface area contributed by atoms with Gasteiger partial charge in [0.15, 0.2) is 17.5 Å². The van der Waals surface area contributed by atoms with Crippen molar-refractivity contribution in [3.05, 3.63) is 152 Å². The van der Waals surface area contributed by atoms with Crippen LogP contribution in [0, 0.1) is 0 Å². The van der Waals surface area contributed by atoms with E-state index in [1.54, 1.807) is 0 Å². The zero-order valence-electron chi connectivity index (χ0n) is 24.2. The average Bonchev–Trinajstić information content (AvgIpc) is 3.51. The largest absolute Gasteiger partial charge is 0.456 e. The molecule has 0 atom stereocenters. The summed E-state index contributed by atoms with van der Waals surface area (Å²) in [7, 11) is 0. The average molecular weight is 576 g/mol. The Morgan fingerprint density at radius 2 is 0.933 bits per heavy atom. The van der Waals surface area contributed by atoms with Crippen molar-refractivity contribution in [2.45, 2.75) is 0 Å². The number of nitrogens with zero attached hydrogens (tertiary/aromatic N) is 3. The van der Waals surface area contributed by atoms with E-state index in [-0.39, 0.29) is 0 Å². The molecule has 2 heterocycles. The van der Waals surface area contributed by atoms with Gasteiger partial charge in [0.25, 0.3) is 0 Å². The number of aromatic nitrogens is 3. The van der Waals surface area contributed by atoms with Crippen LogP contribution in [0.1, 0.15) is 0 Å². The first-order chi connectivity index (χ1) is 22.3. The highest BCUT2D eigenvalue weighted by molar-refractivity contribution is 6.14. The van der Waals surface area contributed by atoms with Crippen LogP contribution in [0.25, 0.3) is 88.8 Å². The molecular weight excluding hydrogens is 550 g/mol. The molecule has 2 aromatic heterocycles. The molecule has 45 heavy (non-hydrogen) atoms. The quantitative estimate of drug-likeness (QED) is 0.196. The van der Waals surface area contributed by atoms with Crippen LogP contribution < -0.4 is 0 Å². The molecule has 4 nitrogen and oxygen atoms in total. The van der Waals surface area contributed by atoms with E-state index in [0.717, 1.165) is 60.5 Å². The maximum absolute atomic E-state index is 6.15. The summed E-state index contributed by atoms with van der Waals surface area (Å²) in [5.74, 6) is 1.93. The molecule has 9 aromatic rings. The van der Waals surface area contributed by atoms with Crippen molar-refractivity contribution in [2.24, 2.45) is 0 Å². The monoisotopic (exact) mass is 575 g/mol. The second-order valence-electron chi connectivity index (χ2n) is 11.2. The minimum absolute atomic E-state index is 0.634. The van der Waals surface area contributed by atoms with Crippen molar-refractivity contribution >= 4 is 43.5 Å². The number of hydrogen-bond acceptors (Lipinski definition) is 4. The Bertz CT molecular complexity index is 2530. The zero-order valence-corrected chi connectivity index (χ0v) is 24.2. The van der Waals surface area contributed by atoms with Gasteiger partial charge >= 0.3 is 0 Å². The van der Waals surface area contributed by atoms with Crippen LogP contribution >= 0.6 is 0 Å². The van der Waals surface area contributed by atoms with Gasteiger partial charge in [0.05, 0.1) is 0 Å². The molecule has 0 amide bonds. The van der Waals surface area contributed by atoms with E-state index in [4.69, 9.17) is 19.4 Å². The molecule has 0 aliphatic heterocycles. The van der Waals surface area contributed by atoms with Crippen LogP contribution in [0.3, 0.4) is 0 Å². The maximum atomic E-state index is 6.15. The summed E-state index contributed by atoms with van der Waals surface area (Å²) < 4.78 is 6.15. The highest BCUT2D eigenvalue weighted by Crippen LogP contribution is 2.38.